The van der Waals surface area contributed by atoms with Gasteiger partial charge in [-0.05, 0) is 37.0 Å². The summed E-state index contributed by atoms with van der Waals surface area (Å²) in [6.07, 6.45) is 0.748. The number of carbonyl (C=O) groups is 1. The van der Waals surface area contributed by atoms with E-state index >= 15 is 0 Å². The number of halogens is 1. The zero-order chi connectivity index (χ0) is 14.1. The van der Waals surface area contributed by atoms with Crippen LogP contribution in [0.4, 0.5) is 4.39 Å². The van der Waals surface area contributed by atoms with Gasteiger partial charge in [-0.15, -0.1) is 0 Å². The van der Waals surface area contributed by atoms with E-state index in [4.69, 9.17) is 4.52 Å². The standard InChI is InChI=1S/C14H14FN3O2/c1-8-17-13(20-18-8)7-16-14(19)12-6-11(12)9-3-2-4-10(15)5-9/h2-5,11-12H,6-7H2,1H3,(H,16,19)/t11-,12+/m1/s1. The number of hydrogen-bond donors (Lipinski definition) is 1. The summed E-state index contributed by atoms with van der Waals surface area (Å²) in [5, 5.41) is 6.41. The first kappa shape index (κ1) is 12.8. The summed E-state index contributed by atoms with van der Waals surface area (Å²) < 4.78 is 18.0. The second-order valence-corrected chi connectivity index (χ2v) is 4.96. The summed E-state index contributed by atoms with van der Waals surface area (Å²) in [5.74, 6) is 0.609. The van der Waals surface area contributed by atoms with Gasteiger partial charge in [0.2, 0.25) is 11.8 Å². The number of nitrogens with zero attached hydrogens (tertiary/aromatic N) is 2. The van der Waals surface area contributed by atoms with Gasteiger partial charge >= 0.3 is 0 Å². The van der Waals surface area contributed by atoms with Crippen LogP contribution in [0.3, 0.4) is 0 Å². The molecule has 0 saturated heterocycles. The summed E-state index contributed by atoms with van der Waals surface area (Å²) in [4.78, 5) is 16.0. The molecule has 0 aliphatic heterocycles. The van der Waals surface area contributed by atoms with E-state index in [1.54, 1.807) is 13.0 Å². The Bertz CT molecular complexity index is 641. The van der Waals surface area contributed by atoms with Crippen molar-refractivity contribution < 1.29 is 13.7 Å². The molecule has 6 heteroatoms. The average molecular weight is 275 g/mol. The highest BCUT2D eigenvalue weighted by Gasteiger charge is 2.43. The second kappa shape index (κ2) is 5.03. The van der Waals surface area contributed by atoms with Crippen molar-refractivity contribution in [3.05, 3.63) is 47.4 Å². The smallest absolute Gasteiger partial charge is 0.246 e. The lowest BCUT2D eigenvalue weighted by atomic mass is 10.1. The van der Waals surface area contributed by atoms with E-state index in [2.05, 4.69) is 15.5 Å². The molecule has 1 aliphatic carbocycles. The Balaban J connectivity index is 1.55. The molecule has 3 rings (SSSR count). The first-order chi connectivity index (χ1) is 9.63. The van der Waals surface area contributed by atoms with Crippen LogP contribution in [0.25, 0.3) is 0 Å². The Labute approximate surface area is 115 Å². The quantitative estimate of drug-likeness (QED) is 0.925. The largest absolute Gasteiger partial charge is 0.347 e. The van der Waals surface area contributed by atoms with Gasteiger partial charge in [-0.1, -0.05) is 17.3 Å². The molecule has 2 aromatic rings. The Morgan fingerprint density at radius 2 is 2.40 bits per heavy atom. The van der Waals surface area contributed by atoms with Crippen molar-refractivity contribution >= 4 is 5.91 Å². The van der Waals surface area contributed by atoms with Crippen LogP contribution in [0, 0.1) is 18.7 Å². The summed E-state index contributed by atoms with van der Waals surface area (Å²) in [5.41, 5.74) is 0.874. The Morgan fingerprint density at radius 1 is 1.55 bits per heavy atom. The molecule has 20 heavy (non-hydrogen) atoms. The van der Waals surface area contributed by atoms with Gasteiger partial charge in [0.05, 0.1) is 6.54 Å². The highest BCUT2D eigenvalue weighted by molar-refractivity contribution is 5.82. The van der Waals surface area contributed by atoms with Gasteiger partial charge < -0.3 is 9.84 Å². The maximum absolute atomic E-state index is 13.1. The summed E-state index contributed by atoms with van der Waals surface area (Å²) in [6.45, 7) is 1.95. The monoisotopic (exact) mass is 275 g/mol. The predicted octanol–water partition coefficient (Wildman–Crippen LogP) is 1.94. The number of nitrogens with one attached hydrogen (secondary N) is 1. The molecule has 0 spiro atoms. The van der Waals surface area contributed by atoms with E-state index in [1.165, 1.54) is 12.1 Å². The van der Waals surface area contributed by atoms with Crippen molar-refractivity contribution in [3.8, 4) is 0 Å². The lowest BCUT2D eigenvalue weighted by Gasteiger charge is -2.02. The zero-order valence-corrected chi connectivity index (χ0v) is 11.0. The third-order valence-electron chi connectivity index (χ3n) is 3.39. The molecule has 5 nitrogen and oxygen atoms in total. The number of rotatable bonds is 4. The number of carbonyl (C=O) groups excluding carboxylic acids is 1. The van der Waals surface area contributed by atoms with E-state index in [9.17, 15) is 9.18 Å². The number of benzene rings is 1. The number of hydrogen-bond acceptors (Lipinski definition) is 4. The molecule has 1 aromatic heterocycles. The van der Waals surface area contributed by atoms with Crippen molar-refractivity contribution in [2.45, 2.75) is 25.8 Å². The van der Waals surface area contributed by atoms with Crippen molar-refractivity contribution in [1.82, 2.24) is 15.5 Å². The molecular weight excluding hydrogens is 261 g/mol. The van der Waals surface area contributed by atoms with E-state index in [0.717, 1.165) is 12.0 Å². The number of amides is 1. The molecule has 1 fully saturated rings. The Hall–Kier alpha value is -2.24. The summed E-state index contributed by atoms with van der Waals surface area (Å²) in [7, 11) is 0. The third-order valence-corrected chi connectivity index (χ3v) is 3.39. The molecule has 0 radical (unpaired) electrons. The normalized spacial score (nSPS) is 20.7. The van der Waals surface area contributed by atoms with Gasteiger partial charge in [0.1, 0.15) is 5.82 Å². The van der Waals surface area contributed by atoms with E-state index in [0.29, 0.717) is 11.7 Å². The third kappa shape index (κ3) is 2.68. The van der Waals surface area contributed by atoms with Crippen molar-refractivity contribution in [2.24, 2.45) is 5.92 Å². The van der Waals surface area contributed by atoms with Crippen LogP contribution in [0.15, 0.2) is 28.8 Å². The highest BCUT2D eigenvalue weighted by Crippen LogP contribution is 2.47. The van der Waals surface area contributed by atoms with Gasteiger partial charge in [-0.25, -0.2) is 4.39 Å². The Morgan fingerprint density at radius 3 is 3.10 bits per heavy atom. The molecule has 0 unspecified atom stereocenters. The SMILES string of the molecule is Cc1noc(CNC(=O)[C@H]2C[C@@H]2c2cccc(F)c2)n1. The molecule has 104 valence electrons. The van der Waals surface area contributed by atoms with Crippen LogP contribution in [-0.4, -0.2) is 16.0 Å². The molecule has 0 bridgehead atoms. The predicted molar refractivity (Wildman–Crippen MR) is 68.1 cm³/mol. The molecular formula is C14H14FN3O2. The van der Waals surface area contributed by atoms with Gasteiger partial charge in [-0.2, -0.15) is 4.98 Å². The minimum Gasteiger partial charge on any atom is -0.347 e. The fraction of sp³-hybridized carbons (Fsp3) is 0.357. The number of aryl methyl sites for hydroxylation is 1. The number of aromatic nitrogens is 2. The van der Waals surface area contributed by atoms with Crippen LogP contribution in [0.5, 0.6) is 0 Å². The Kier molecular flexibility index (Phi) is 3.22. The fourth-order valence-corrected chi connectivity index (χ4v) is 2.30. The van der Waals surface area contributed by atoms with Crippen molar-refractivity contribution in [2.75, 3.05) is 0 Å². The van der Waals surface area contributed by atoms with Gasteiger partial charge in [-0.3, -0.25) is 4.79 Å². The van der Waals surface area contributed by atoms with Crippen LogP contribution < -0.4 is 5.32 Å². The van der Waals surface area contributed by atoms with Crippen LogP contribution >= 0.6 is 0 Å². The fourth-order valence-electron chi connectivity index (χ4n) is 2.30. The minimum absolute atomic E-state index is 0.0601. The lowest BCUT2D eigenvalue weighted by Crippen LogP contribution is -2.25. The summed E-state index contributed by atoms with van der Waals surface area (Å²) >= 11 is 0. The van der Waals surface area contributed by atoms with Crippen LogP contribution in [0.1, 0.15) is 29.6 Å². The first-order valence-electron chi connectivity index (χ1n) is 6.46. The van der Waals surface area contributed by atoms with Crippen LogP contribution in [0.2, 0.25) is 0 Å². The zero-order valence-electron chi connectivity index (χ0n) is 11.0. The molecule has 2 atom stereocenters. The highest BCUT2D eigenvalue weighted by atomic mass is 19.1. The second-order valence-electron chi connectivity index (χ2n) is 4.96. The van der Waals surface area contributed by atoms with Gasteiger partial charge in [0.15, 0.2) is 5.82 Å². The van der Waals surface area contributed by atoms with Gasteiger partial charge in [0.25, 0.3) is 0 Å². The average Bonchev–Trinajstić information content (AvgIpc) is 3.13. The molecule has 1 N–H and O–H groups in total. The minimum atomic E-state index is -0.269. The first-order valence-corrected chi connectivity index (χ1v) is 6.46. The molecule has 1 heterocycles. The summed E-state index contributed by atoms with van der Waals surface area (Å²) in [6, 6.07) is 6.40. The van der Waals surface area contributed by atoms with Crippen molar-refractivity contribution in [3.63, 3.8) is 0 Å². The molecule has 1 aromatic carbocycles. The van der Waals surface area contributed by atoms with E-state index in [1.807, 2.05) is 6.07 Å². The lowest BCUT2D eigenvalue weighted by molar-refractivity contribution is -0.122. The molecule has 1 aliphatic rings. The molecule has 1 amide bonds. The maximum Gasteiger partial charge on any atom is 0.246 e. The van der Waals surface area contributed by atoms with E-state index < -0.39 is 0 Å². The van der Waals surface area contributed by atoms with Gasteiger partial charge in [0, 0.05) is 5.92 Å². The van der Waals surface area contributed by atoms with E-state index in [-0.39, 0.29) is 30.1 Å². The topological polar surface area (TPSA) is 68.0 Å². The van der Waals surface area contributed by atoms with Crippen LogP contribution in [-0.2, 0) is 11.3 Å². The maximum atomic E-state index is 13.1. The van der Waals surface area contributed by atoms with Crippen molar-refractivity contribution in [1.29, 1.82) is 0 Å². The molecule has 1 saturated carbocycles.